The lowest BCUT2D eigenvalue weighted by atomic mass is 10.5. The minimum Gasteiger partial charge on any atom is -0.383 e. The molecule has 7 nitrogen and oxygen atoms in total. The summed E-state index contributed by atoms with van der Waals surface area (Å²) in [5, 5.41) is 0. The van der Waals surface area contributed by atoms with Crippen molar-refractivity contribution in [2.75, 3.05) is 5.73 Å². The SMILES string of the molecule is Cl.Cn1c(=O)[nH]c2c(N)[nH]c(=O)nc21. The van der Waals surface area contributed by atoms with E-state index in [2.05, 4.69) is 15.0 Å². The van der Waals surface area contributed by atoms with Crippen molar-refractivity contribution in [2.45, 2.75) is 0 Å². The summed E-state index contributed by atoms with van der Waals surface area (Å²) in [4.78, 5) is 30.3. The van der Waals surface area contributed by atoms with Gasteiger partial charge in [0.25, 0.3) is 0 Å². The van der Waals surface area contributed by atoms with Crippen LogP contribution in [0.5, 0.6) is 0 Å². The van der Waals surface area contributed by atoms with E-state index in [0.29, 0.717) is 5.52 Å². The number of aromatic amines is 2. The number of nitrogens with zero attached hydrogens (tertiary/aromatic N) is 2. The van der Waals surface area contributed by atoms with Crippen LogP contribution in [0, 0.1) is 0 Å². The van der Waals surface area contributed by atoms with Crippen LogP contribution in [-0.4, -0.2) is 19.5 Å². The van der Waals surface area contributed by atoms with Crippen LogP contribution in [-0.2, 0) is 7.05 Å². The van der Waals surface area contributed by atoms with Crippen molar-refractivity contribution in [3.63, 3.8) is 0 Å². The lowest BCUT2D eigenvalue weighted by Crippen LogP contribution is -2.15. The molecule has 0 aliphatic carbocycles. The number of aromatic nitrogens is 4. The highest BCUT2D eigenvalue weighted by molar-refractivity contribution is 5.85. The molecule has 76 valence electrons. The Kier molecular flexibility index (Phi) is 2.35. The van der Waals surface area contributed by atoms with Crippen molar-refractivity contribution in [1.82, 2.24) is 19.5 Å². The van der Waals surface area contributed by atoms with Gasteiger partial charge in [0.2, 0.25) is 0 Å². The van der Waals surface area contributed by atoms with Gasteiger partial charge in [0, 0.05) is 7.05 Å². The zero-order valence-corrected chi connectivity index (χ0v) is 8.01. The molecule has 0 spiro atoms. The Morgan fingerprint density at radius 1 is 1.36 bits per heavy atom. The summed E-state index contributed by atoms with van der Waals surface area (Å²) in [6.45, 7) is 0. The van der Waals surface area contributed by atoms with Crippen LogP contribution in [0.4, 0.5) is 5.82 Å². The first kappa shape index (κ1) is 10.3. The summed E-state index contributed by atoms with van der Waals surface area (Å²) >= 11 is 0. The van der Waals surface area contributed by atoms with E-state index in [0.717, 1.165) is 0 Å². The number of anilines is 1. The summed E-state index contributed by atoms with van der Waals surface area (Å²) in [6, 6.07) is 0. The summed E-state index contributed by atoms with van der Waals surface area (Å²) in [6.07, 6.45) is 0. The lowest BCUT2D eigenvalue weighted by Gasteiger charge is -1.93. The molecule has 0 fully saturated rings. The van der Waals surface area contributed by atoms with E-state index in [1.807, 2.05) is 0 Å². The van der Waals surface area contributed by atoms with Crippen LogP contribution in [0.3, 0.4) is 0 Å². The highest BCUT2D eigenvalue weighted by atomic mass is 35.5. The second-order valence-electron chi connectivity index (χ2n) is 2.64. The van der Waals surface area contributed by atoms with Gasteiger partial charge in [0.15, 0.2) is 5.65 Å². The highest BCUT2D eigenvalue weighted by Gasteiger charge is 2.08. The molecule has 0 atom stereocenters. The molecule has 8 heteroatoms. The Balaban J connectivity index is 0.000000980. The first-order valence-electron chi connectivity index (χ1n) is 3.54. The van der Waals surface area contributed by atoms with Crippen LogP contribution >= 0.6 is 12.4 Å². The average Bonchev–Trinajstić information content (AvgIpc) is 2.32. The quantitative estimate of drug-likeness (QED) is 0.523. The third-order valence-electron chi connectivity index (χ3n) is 1.80. The minimum absolute atomic E-state index is 0. The van der Waals surface area contributed by atoms with E-state index in [1.54, 1.807) is 0 Å². The van der Waals surface area contributed by atoms with Crippen LogP contribution in [0.25, 0.3) is 11.2 Å². The van der Waals surface area contributed by atoms with Crippen LogP contribution in [0.15, 0.2) is 9.59 Å². The number of nitrogens with one attached hydrogen (secondary N) is 2. The van der Waals surface area contributed by atoms with Gasteiger partial charge in [-0.05, 0) is 0 Å². The van der Waals surface area contributed by atoms with Gasteiger partial charge in [0.05, 0.1) is 0 Å². The molecular formula is C6H8ClN5O2. The summed E-state index contributed by atoms with van der Waals surface area (Å²) in [5.74, 6) is 0.118. The molecule has 0 unspecified atom stereocenters. The number of halogens is 1. The summed E-state index contributed by atoms with van der Waals surface area (Å²) in [5.41, 5.74) is 5.15. The van der Waals surface area contributed by atoms with Gasteiger partial charge in [-0.3, -0.25) is 9.55 Å². The number of H-pyrrole nitrogens is 2. The number of rotatable bonds is 0. The number of hydrogen-bond acceptors (Lipinski definition) is 4. The molecule has 0 saturated heterocycles. The van der Waals surface area contributed by atoms with Crippen LogP contribution < -0.4 is 17.1 Å². The predicted molar refractivity (Wildman–Crippen MR) is 53.6 cm³/mol. The third-order valence-corrected chi connectivity index (χ3v) is 1.80. The Hall–Kier alpha value is -1.76. The van der Waals surface area contributed by atoms with E-state index < -0.39 is 5.69 Å². The highest BCUT2D eigenvalue weighted by Crippen LogP contribution is 2.07. The van der Waals surface area contributed by atoms with Crippen molar-refractivity contribution in [2.24, 2.45) is 7.05 Å². The lowest BCUT2D eigenvalue weighted by molar-refractivity contribution is 0.873. The zero-order valence-electron chi connectivity index (χ0n) is 7.20. The number of nitrogen functional groups attached to an aromatic ring is 1. The fourth-order valence-corrected chi connectivity index (χ4v) is 1.13. The second-order valence-corrected chi connectivity index (χ2v) is 2.64. The van der Waals surface area contributed by atoms with Crippen LogP contribution in [0.1, 0.15) is 0 Å². The van der Waals surface area contributed by atoms with Crippen LogP contribution in [0.2, 0.25) is 0 Å². The number of fused-ring (bicyclic) bond motifs is 1. The van der Waals surface area contributed by atoms with Gasteiger partial charge >= 0.3 is 11.4 Å². The van der Waals surface area contributed by atoms with Crippen molar-refractivity contribution < 1.29 is 0 Å². The second kappa shape index (κ2) is 3.18. The smallest absolute Gasteiger partial charge is 0.348 e. The summed E-state index contributed by atoms with van der Waals surface area (Å²) < 4.78 is 1.22. The predicted octanol–water partition coefficient (Wildman–Crippen LogP) is -1.05. The molecule has 2 rings (SSSR count). The minimum atomic E-state index is -0.570. The average molecular weight is 218 g/mol. The molecule has 14 heavy (non-hydrogen) atoms. The first-order valence-corrected chi connectivity index (χ1v) is 3.54. The normalized spacial score (nSPS) is 10.1. The van der Waals surface area contributed by atoms with Gasteiger partial charge < -0.3 is 10.7 Å². The molecule has 4 N–H and O–H groups in total. The standard InChI is InChI=1S/C6H7N5O2.ClH/c1-11-4-2(8-6(11)13)3(7)9-5(12)10-4;/h1H3,(H,8,13)(H3,7,9,10,12);1H. The Morgan fingerprint density at radius 2 is 2.00 bits per heavy atom. The molecule has 0 aliphatic heterocycles. The number of hydrogen-bond donors (Lipinski definition) is 3. The topological polar surface area (TPSA) is 110 Å². The van der Waals surface area contributed by atoms with Crippen molar-refractivity contribution in [3.05, 3.63) is 21.0 Å². The van der Waals surface area contributed by atoms with E-state index >= 15 is 0 Å². The molecule has 0 saturated carbocycles. The van der Waals surface area contributed by atoms with Crippen molar-refractivity contribution in [1.29, 1.82) is 0 Å². The van der Waals surface area contributed by atoms with Gasteiger partial charge in [0.1, 0.15) is 11.3 Å². The van der Waals surface area contributed by atoms with E-state index in [1.165, 1.54) is 11.6 Å². The Morgan fingerprint density at radius 3 is 2.64 bits per heavy atom. The van der Waals surface area contributed by atoms with Crippen molar-refractivity contribution in [3.8, 4) is 0 Å². The fraction of sp³-hybridized carbons (Fsp3) is 0.167. The summed E-state index contributed by atoms with van der Waals surface area (Å²) in [7, 11) is 1.51. The maximum Gasteiger partial charge on any atom is 0.348 e. The van der Waals surface area contributed by atoms with E-state index in [9.17, 15) is 9.59 Å². The third kappa shape index (κ3) is 1.27. The zero-order chi connectivity index (χ0) is 9.59. The number of nitrogens with two attached hydrogens (primary N) is 1. The van der Waals surface area contributed by atoms with Gasteiger partial charge in [-0.1, -0.05) is 0 Å². The Labute approximate surface area is 83.4 Å². The molecule has 0 aromatic carbocycles. The molecule has 0 radical (unpaired) electrons. The molecule has 0 bridgehead atoms. The molecule has 0 amide bonds. The van der Waals surface area contributed by atoms with Gasteiger partial charge in [-0.15, -0.1) is 12.4 Å². The number of aryl methyl sites for hydroxylation is 1. The molecule has 2 heterocycles. The molecular weight excluding hydrogens is 210 g/mol. The first-order chi connectivity index (χ1) is 6.09. The Bertz CT molecular complexity index is 580. The largest absolute Gasteiger partial charge is 0.383 e. The molecule has 0 aliphatic rings. The molecule has 2 aromatic heterocycles. The maximum absolute atomic E-state index is 11.1. The van der Waals surface area contributed by atoms with Gasteiger partial charge in [-0.2, -0.15) is 4.98 Å². The monoisotopic (exact) mass is 217 g/mol. The van der Waals surface area contributed by atoms with E-state index in [-0.39, 0.29) is 29.6 Å². The number of imidazole rings is 1. The fourth-order valence-electron chi connectivity index (χ4n) is 1.13. The van der Waals surface area contributed by atoms with Crippen molar-refractivity contribution >= 4 is 29.4 Å². The van der Waals surface area contributed by atoms with E-state index in [4.69, 9.17) is 5.73 Å². The van der Waals surface area contributed by atoms with Gasteiger partial charge in [-0.25, -0.2) is 9.59 Å². The molecule has 2 aromatic rings. The maximum atomic E-state index is 11.1.